The first kappa shape index (κ1) is 20.3. The van der Waals surface area contributed by atoms with E-state index in [1.54, 1.807) is 16.7 Å². The highest BCUT2D eigenvalue weighted by Crippen LogP contribution is 2.37. The highest BCUT2D eigenvalue weighted by atomic mass is 32.2. The van der Waals surface area contributed by atoms with Crippen molar-refractivity contribution in [2.75, 3.05) is 5.75 Å². The first-order chi connectivity index (χ1) is 13.0. The molecule has 1 aromatic rings. The molecule has 2 saturated heterocycles. The molecule has 0 aromatic heterocycles. The Labute approximate surface area is 169 Å². The van der Waals surface area contributed by atoms with E-state index in [-0.39, 0.29) is 23.5 Å². The van der Waals surface area contributed by atoms with Gasteiger partial charge in [0.05, 0.1) is 10.6 Å². The van der Waals surface area contributed by atoms with E-state index in [2.05, 4.69) is 12.6 Å². The van der Waals surface area contributed by atoms with Gasteiger partial charge in [0.1, 0.15) is 11.8 Å². The summed E-state index contributed by atoms with van der Waals surface area (Å²) in [6.07, 6.45) is 3.41. The number of hydrogen-bond acceptors (Lipinski definition) is 5. The van der Waals surface area contributed by atoms with Gasteiger partial charge in [-0.1, -0.05) is 30.3 Å². The lowest BCUT2D eigenvalue weighted by molar-refractivity contribution is -0.155. The Morgan fingerprint density at radius 1 is 1.22 bits per heavy atom. The number of fused-ring (bicyclic) bond motifs is 1. The SMILES string of the molecule is O=C(O)C1CCC[C@@H]2SCC[C@H](CC(=O)[C@@H](S)Cc3ccccc3)C(=O)N12. The Kier molecular flexibility index (Phi) is 6.87. The van der Waals surface area contributed by atoms with Crippen LogP contribution in [0, 0.1) is 5.92 Å². The molecule has 1 aromatic carbocycles. The Hall–Kier alpha value is -1.47. The van der Waals surface area contributed by atoms with Gasteiger partial charge in [-0.2, -0.15) is 12.6 Å². The molecule has 3 rings (SSSR count). The predicted molar refractivity (Wildman–Crippen MR) is 109 cm³/mol. The molecule has 7 heteroatoms. The van der Waals surface area contributed by atoms with Crippen molar-refractivity contribution < 1.29 is 19.5 Å². The molecule has 1 unspecified atom stereocenters. The maximum absolute atomic E-state index is 13.1. The quantitative estimate of drug-likeness (QED) is 0.709. The van der Waals surface area contributed by atoms with Gasteiger partial charge in [0, 0.05) is 12.3 Å². The monoisotopic (exact) mass is 407 g/mol. The first-order valence-electron chi connectivity index (χ1n) is 9.38. The summed E-state index contributed by atoms with van der Waals surface area (Å²) in [5.74, 6) is -0.844. The lowest BCUT2D eigenvalue weighted by Crippen LogP contribution is -2.53. The van der Waals surface area contributed by atoms with E-state index >= 15 is 0 Å². The zero-order valence-electron chi connectivity index (χ0n) is 15.1. The van der Waals surface area contributed by atoms with E-state index in [1.807, 2.05) is 30.3 Å². The van der Waals surface area contributed by atoms with Gasteiger partial charge in [0.15, 0.2) is 0 Å². The molecular weight excluding hydrogens is 382 g/mol. The summed E-state index contributed by atoms with van der Waals surface area (Å²) in [5, 5.41) is 8.99. The second kappa shape index (κ2) is 9.15. The molecule has 1 amide bonds. The second-order valence-corrected chi connectivity index (χ2v) is 9.13. The number of ketones is 1. The zero-order valence-corrected chi connectivity index (χ0v) is 16.8. The fourth-order valence-corrected chi connectivity index (χ4v) is 5.62. The number of thioether (sulfide) groups is 1. The van der Waals surface area contributed by atoms with E-state index in [0.717, 1.165) is 24.2 Å². The number of aliphatic carboxylic acids is 1. The molecule has 0 aliphatic carbocycles. The minimum atomic E-state index is -0.947. The van der Waals surface area contributed by atoms with Crippen LogP contribution in [0.2, 0.25) is 0 Å². The maximum atomic E-state index is 13.1. The molecule has 5 nitrogen and oxygen atoms in total. The number of nitrogens with zero attached hydrogens (tertiary/aromatic N) is 1. The number of hydrogen-bond donors (Lipinski definition) is 2. The molecule has 2 heterocycles. The van der Waals surface area contributed by atoms with Crippen molar-refractivity contribution in [3.05, 3.63) is 35.9 Å². The van der Waals surface area contributed by atoms with Gasteiger partial charge in [0.2, 0.25) is 5.91 Å². The van der Waals surface area contributed by atoms with E-state index < -0.39 is 23.2 Å². The van der Waals surface area contributed by atoms with Gasteiger partial charge in [-0.3, -0.25) is 9.59 Å². The second-order valence-electron chi connectivity index (χ2n) is 7.22. The summed E-state index contributed by atoms with van der Waals surface area (Å²) in [6, 6.07) is 8.92. The van der Waals surface area contributed by atoms with Crippen LogP contribution >= 0.6 is 24.4 Å². The van der Waals surface area contributed by atoms with Crippen molar-refractivity contribution in [1.82, 2.24) is 4.90 Å². The van der Waals surface area contributed by atoms with Crippen molar-refractivity contribution in [3.63, 3.8) is 0 Å². The number of amides is 1. The lowest BCUT2D eigenvalue weighted by atomic mass is 9.92. The van der Waals surface area contributed by atoms with Crippen LogP contribution < -0.4 is 0 Å². The highest BCUT2D eigenvalue weighted by molar-refractivity contribution is 7.99. The average molecular weight is 408 g/mol. The van der Waals surface area contributed by atoms with Gasteiger partial charge in [0.25, 0.3) is 0 Å². The normalized spacial score (nSPS) is 26.8. The third-order valence-corrected chi connectivity index (χ3v) is 7.12. The summed E-state index contributed by atoms with van der Waals surface area (Å²) in [5.41, 5.74) is 1.04. The van der Waals surface area contributed by atoms with Crippen LogP contribution in [-0.2, 0) is 20.8 Å². The zero-order chi connectivity index (χ0) is 19.4. The third-order valence-electron chi connectivity index (χ3n) is 5.33. The smallest absolute Gasteiger partial charge is 0.326 e. The van der Waals surface area contributed by atoms with Crippen LogP contribution in [0.5, 0.6) is 0 Å². The number of carbonyl (C=O) groups excluding carboxylic acids is 2. The molecule has 146 valence electrons. The number of Topliss-reactive ketones (excluding diaryl/α,β-unsaturated/α-hetero) is 1. The highest BCUT2D eigenvalue weighted by Gasteiger charge is 2.43. The average Bonchev–Trinajstić information content (AvgIpc) is 2.81. The molecule has 0 bridgehead atoms. The number of rotatable bonds is 6. The molecule has 0 radical (unpaired) electrons. The number of piperidine rings is 1. The van der Waals surface area contributed by atoms with Crippen LogP contribution in [0.25, 0.3) is 0 Å². The molecule has 27 heavy (non-hydrogen) atoms. The Morgan fingerprint density at radius 3 is 2.67 bits per heavy atom. The Bertz CT molecular complexity index is 696. The topological polar surface area (TPSA) is 74.7 Å². The Balaban J connectivity index is 1.67. The van der Waals surface area contributed by atoms with E-state index in [1.165, 1.54) is 0 Å². The minimum absolute atomic E-state index is 0.0483. The lowest BCUT2D eigenvalue weighted by Gasteiger charge is -2.39. The van der Waals surface area contributed by atoms with Crippen LogP contribution in [0.4, 0.5) is 0 Å². The molecule has 2 fully saturated rings. The fourth-order valence-electron chi connectivity index (χ4n) is 3.87. The van der Waals surface area contributed by atoms with Crippen molar-refractivity contribution in [3.8, 4) is 0 Å². The molecule has 2 aliphatic rings. The van der Waals surface area contributed by atoms with Gasteiger partial charge in [-0.05, 0) is 43.4 Å². The maximum Gasteiger partial charge on any atom is 0.326 e. The first-order valence-corrected chi connectivity index (χ1v) is 10.9. The largest absolute Gasteiger partial charge is 0.480 e. The van der Waals surface area contributed by atoms with Gasteiger partial charge in [-0.25, -0.2) is 4.79 Å². The van der Waals surface area contributed by atoms with Gasteiger partial charge < -0.3 is 10.0 Å². The van der Waals surface area contributed by atoms with Gasteiger partial charge in [-0.15, -0.1) is 11.8 Å². The summed E-state index contributed by atoms with van der Waals surface area (Å²) in [7, 11) is 0. The summed E-state index contributed by atoms with van der Waals surface area (Å²) < 4.78 is 0. The van der Waals surface area contributed by atoms with Crippen molar-refractivity contribution in [1.29, 1.82) is 0 Å². The van der Waals surface area contributed by atoms with Crippen LogP contribution in [0.3, 0.4) is 0 Å². The van der Waals surface area contributed by atoms with Crippen molar-refractivity contribution in [2.24, 2.45) is 5.92 Å². The Morgan fingerprint density at radius 2 is 1.96 bits per heavy atom. The molecular formula is C20H25NO4S2. The third kappa shape index (κ3) is 4.88. The van der Waals surface area contributed by atoms with Crippen LogP contribution in [-0.4, -0.2) is 50.1 Å². The molecule has 2 aliphatic heterocycles. The fraction of sp³-hybridized carbons (Fsp3) is 0.550. The van der Waals surface area contributed by atoms with Crippen molar-refractivity contribution >= 4 is 42.1 Å². The number of thiol groups is 1. The number of carboxylic acids is 1. The molecule has 4 atom stereocenters. The van der Waals surface area contributed by atoms with E-state index in [0.29, 0.717) is 19.3 Å². The minimum Gasteiger partial charge on any atom is -0.480 e. The van der Waals surface area contributed by atoms with Crippen LogP contribution in [0.15, 0.2) is 30.3 Å². The summed E-state index contributed by atoms with van der Waals surface area (Å²) in [4.78, 5) is 38.9. The molecule has 0 saturated carbocycles. The standard InChI is InChI=1S/C20H25NO4S2/c22-16(17(26)11-13-5-2-1-3-6-13)12-14-9-10-27-18-8-4-7-15(20(24)25)21(18)19(14)23/h1-3,5-6,14-15,17-18,26H,4,7-12H2,(H,24,25)/t14-,15?,17+,18+/m1/s1. The predicted octanol–water partition coefficient (Wildman–Crippen LogP) is 3.03. The van der Waals surface area contributed by atoms with Crippen molar-refractivity contribution in [2.45, 2.75) is 55.2 Å². The summed E-state index contributed by atoms with van der Waals surface area (Å²) in [6.45, 7) is 0. The number of benzene rings is 1. The van der Waals surface area contributed by atoms with E-state index in [9.17, 15) is 19.5 Å². The van der Waals surface area contributed by atoms with Gasteiger partial charge >= 0.3 is 5.97 Å². The number of carboxylic acid groups (broad SMARTS) is 1. The molecule has 0 spiro atoms. The molecule has 1 N–H and O–H groups in total. The van der Waals surface area contributed by atoms with E-state index in [4.69, 9.17) is 0 Å². The summed E-state index contributed by atoms with van der Waals surface area (Å²) >= 11 is 6.11. The van der Waals surface area contributed by atoms with Crippen LogP contribution in [0.1, 0.15) is 37.7 Å². The number of carbonyl (C=O) groups is 3.